The van der Waals surface area contributed by atoms with Crippen molar-refractivity contribution < 1.29 is 0 Å². The monoisotopic (exact) mass is 283 g/mol. The van der Waals surface area contributed by atoms with Crippen molar-refractivity contribution in [1.82, 2.24) is 5.32 Å². The van der Waals surface area contributed by atoms with Gasteiger partial charge < -0.3 is 5.32 Å². The van der Waals surface area contributed by atoms with Crippen LogP contribution in [0.2, 0.25) is 0 Å². The molecule has 3 heteroatoms. The predicted molar refractivity (Wildman–Crippen MR) is 59.2 cm³/mol. The average molecular weight is 284 g/mol. The summed E-state index contributed by atoms with van der Waals surface area (Å²) in [7, 11) is 1.96. The summed E-state index contributed by atoms with van der Waals surface area (Å²) in [6.45, 7) is 0.955. The predicted octanol–water partition coefficient (Wildman–Crippen LogP) is 2.43. The van der Waals surface area contributed by atoms with Crippen LogP contribution < -0.4 is 5.32 Å². The first-order chi connectivity index (χ1) is 4.83. The first-order valence-corrected chi connectivity index (χ1v) is 4.30. The molecule has 0 fully saturated rings. The molecule has 62 valence electrons. The highest BCUT2D eigenvalue weighted by molar-refractivity contribution is 14.1. The molecule has 0 aliphatic carbocycles. The number of rotatable bonds is 2. The van der Waals surface area contributed by atoms with E-state index < -0.39 is 0 Å². The normalized spacial score (nSPS) is 8.91. The minimum absolute atomic E-state index is 0. The van der Waals surface area contributed by atoms with Gasteiger partial charge >= 0.3 is 0 Å². The molecule has 0 saturated heterocycles. The largest absolute Gasteiger partial charge is 0.316 e. The van der Waals surface area contributed by atoms with Gasteiger partial charge in [0.25, 0.3) is 0 Å². The molecule has 1 aromatic rings. The zero-order valence-electron chi connectivity index (χ0n) is 6.30. The molecule has 0 radical (unpaired) electrons. The van der Waals surface area contributed by atoms with Crippen molar-refractivity contribution in [3.63, 3.8) is 0 Å². The zero-order valence-corrected chi connectivity index (χ0v) is 9.28. The van der Waals surface area contributed by atoms with Crippen molar-refractivity contribution in [2.45, 2.75) is 6.54 Å². The topological polar surface area (TPSA) is 12.0 Å². The van der Waals surface area contributed by atoms with E-state index in [1.807, 2.05) is 7.05 Å². The van der Waals surface area contributed by atoms with E-state index in [2.05, 4.69) is 52.2 Å². The zero-order chi connectivity index (χ0) is 7.40. The third-order valence-corrected chi connectivity index (χ3v) is 2.01. The van der Waals surface area contributed by atoms with Crippen molar-refractivity contribution in [3.8, 4) is 0 Å². The minimum Gasteiger partial charge on any atom is -0.316 e. The van der Waals surface area contributed by atoms with E-state index in [1.165, 1.54) is 9.13 Å². The summed E-state index contributed by atoms with van der Waals surface area (Å²) in [6.07, 6.45) is 0. The molecular weight excluding hydrogens is 272 g/mol. The first kappa shape index (κ1) is 11.2. The van der Waals surface area contributed by atoms with E-state index in [9.17, 15) is 0 Å². The number of hydrogen-bond acceptors (Lipinski definition) is 1. The minimum atomic E-state index is 0. The van der Waals surface area contributed by atoms with Crippen LogP contribution in [0.5, 0.6) is 0 Å². The van der Waals surface area contributed by atoms with Gasteiger partial charge in [0.1, 0.15) is 0 Å². The quantitative estimate of drug-likeness (QED) is 0.822. The van der Waals surface area contributed by atoms with Crippen LogP contribution >= 0.6 is 35.0 Å². The molecule has 0 heterocycles. The second-order valence-electron chi connectivity index (χ2n) is 2.16. The molecule has 0 unspecified atom stereocenters. The van der Waals surface area contributed by atoms with Gasteiger partial charge in [0.05, 0.1) is 0 Å². The van der Waals surface area contributed by atoms with Crippen LogP contribution in [0.1, 0.15) is 5.56 Å². The fourth-order valence-corrected chi connectivity index (χ4v) is 1.17. The van der Waals surface area contributed by atoms with Crippen molar-refractivity contribution in [2.24, 2.45) is 0 Å². The Bertz CT molecular complexity index is 198. The molecule has 0 atom stereocenters. The van der Waals surface area contributed by atoms with E-state index in [1.54, 1.807) is 0 Å². The van der Waals surface area contributed by atoms with Gasteiger partial charge in [-0.1, -0.05) is 12.1 Å². The Hall–Kier alpha value is 0.200. The smallest absolute Gasteiger partial charge is 0.0202 e. The molecular formula is C8H11ClIN. The summed E-state index contributed by atoms with van der Waals surface area (Å²) in [5, 5.41) is 3.10. The molecule has 1 N–H and O–H groups in total. The molecule has 11 heavy (non-hydrogen) atoms. The van der Waals surface area contributed by atoms with E-state index in [0.29, 0.717) is 0 Å². The molecule has 0 amide bonds. The molecule has 0 spiro atoms. The summed E-state index contributed by atoms with van der Waals surface area (Å²) in [4.78, 5) is 0. The maximum absolute atomic E-state index is 3.10. The van der Waals surface area contributed by atoms with Gasteiger partial charge in [-0.15, -0.1) is 12.4 Å². The van der Waals surface area contributed by atoms with Crippen LogP contribution in [0.25, 0.3) is 0 Å². The fraction of sp³-hybridized carbons (Fsp3) is 0.250. The van der Waals surface area contributed by atoms with Gasteiger partial charge in [-0.2, -0.15) is 0 Å². The standard InChI is InChI=1S/C8H10IN.ClH/c1-10-6-7-2-4-8(9)5-3-7;/h2-5,10H,6H2,1H3;1H. The lowest BCUT2D eigenvalue weighted by molar-refractivity contribution is 0.818. The Morgan fingerprint density at radius 3 is 2.27 bits per heavy atom. The van der Waals surface area contributed by atoms with Crippen LogP contribution in [-0.2, 0) is 6.54 Å². The maximum Gasteiger partial charge on any atom is 0.0202 e. The van der Waals surface area contributed by atoms with Crippen molar-refractivity contribution >= 4 is 35.0 Å². The third-order valence-electron chi connectivity index (χ3n) is 1.29. The Morgan fingerprint density at radius 1 is 1.27 bits per heavy atom. The van der Waals surface area contributed by atoms with Crippen molar-refractivity contribution in [2.75, 3.05) is 7.05 Å². The molecule has 0 aromatic heterocycles. The van der Waals surface area contributed by atoms with Gasteiger partial charge in [-0.3, -0.25) is 0 Å². The number of halogens is 2. The van der Waals surface area contributed by atoms with E-state index >= 15 is 0 Å². The van der Waals surface area contributed by atoms with Crippen LogP contribution in [0.3, 0.4) is 0 Å². The molecule has 0 saturated carbocycles. The highest BCUT2D eigenvalue weighted by Crippen LogP contribution is 2.05. The second kappa shape index (κ2) is 5.80. The lowest BCUT2D eigenvalue weighted by atomic mass is 10.2. The van der Waals surface area contributed by atoms with E-state index in [4.69, 9.17) is 0 Å². The summed E-state index contributed by atoms with van der Waals surface area (Å²) in [6, 6.07) is 8.51. The highest BCUT2D eigenvalue weighted by Gasteiger charge is 1.88. The molecule has 1 nitrogen and oxygen atoms in total. The van der Waals surface area contributed by atoms with Crippen LogP contribution in [0.15, 0.2) is 24.3 Å². The van der Waals surface area contributed by atoms with Crippen molar-refractivity contribution in [1.29, 1.82) is 0 Å². The Morgan fingerprint density at radius 2 is 1.82 bits per heavy atom. The SMILES string of the molecule is CNCc1ccc(I)cc1.Cl. The summed E-state index contributed by atoms with van der Waals surface area (Å²) in [5.41, 5.74) is 1.34. The summed E-state index contributed by atoms with van der Waals surface area (Å²) in [5.74, 6) is 0. The number of hydrogen-bond donors (Lipinski definition) is 1. The molecule has 1 rings (SSSR count). The Kier molecular flexibility index (Phi) is 5.91. The van der Waals surface area contributed by atoms with Crippen LogP contribution in [0.4, 0.5) is 0 Å². The number of benzene rings is 1. The van der Waals surface area contributed by atoms with Gasteiger partial charge in [-0.05, 0) is 47.3 Å². The van der Waals surface area contributed by atoms with Gasteiger partial charge in [-0.25, -0.2) is 0 Å². The van der Waals surface area contributed by atoms with E-state index in [0.717, 1.165) is 6.54 Å². The molecule has 1 aromatic carbocycles. The van der Waals surface area contributed by atoms with Crippen LogP contribution in [0, 0.1) is 3.57 Å². The fourth-order valence-electron chi connectivity index (χ4n) is 0.806. The molecule has 0 aliphatic rings. The average Bonchev–Trinajstić information content (AvgIpc) is 1.95. The molecule has 0 aliphatic heterocycles. The van der Waals surface area contributed by atoms with Gasteiger partial charge in [0, 0.05) is 10.1 Å². The Labute approximate surface area is 87.1 Å². The van der Waals surface area contributed by atoms with E-state index in [-0.39, 0.29) is 12.4 Å². The van der Waals surface area contributed by atoms with Gasteiger partial charge in [0.2, 0.25) is 0 Å². The summed E-state index contributed by atoms with van der Waals surface area (Å²) >= 11 is 2.30. The maximum atomic E-state index is 3.10. The van der Waals surface area contributed by atoms with Crippen molar-refractivity contribution in [3.05, 3.63) is 33.4 Å². The summed E-state index contributed by atoms with van der Waals surface area (Å²) < 4.78 is 1.29. The third kappa shape index (κ3) is 3.94. The molecule has 0 bridgehead atoms. The first-order valence-electron chi connectivity index (χ1n) is 3.22. The van der Waals surface area contributed by atoms with Gasteiger partial charge in [0.15, 0.2) is 0 Å². The highest BCUT2D eigenvalue weighted by atomic mass is 127. The lowest BCUT2D eigenvalue weighted by Crippen LogP contribution is -2.04. The lowest BCUT2D eigenvalue weighted by Gasteiger charge is -1.97. The second-order valence-corrected chi connectivity index (χ2v) is 3.40. The van der Waals surface area contributed by atoms with Crippen LogP contribution in [-0.4, -0.2) is 7.05 Å². The number of nitrogens with one attached hydrogen (secondary N) is 1. The Balaban J connectivity index is 0.000001000.